The summed E-state index contributed by atoms with van der Waals surface area (Å²) in [5.41, 5.74) is 0. The maximum atomic E-state index is 11.3. The number of hydrogen-bond acceptors (Lipinski definition) is 7. The minimum Gasteiger partial charge on any atom is -0.376 e. The monoisotopic (exact) mass is 396 g/mol. The molecular weight excluding hydrogens is 379 g/mol. The number of halogens is 1. The van der Waals surface area contributed by atoms with Crippen LogP contribution in [0.4, 0.5) is 0 Å². The van der Waals surface area contributed by atoms with E-state index in [0.717, 1.165) is 6.26 Å². The number of hydrogen-bond donors (Lipinski definition) is 1. The minimum atomic E-state index is -3.66. The molecule has 1 aliphatic heterocycles. The molecule has 7 nitrogen and oxygen atoms in total. The molecule has 0 aliphatic carbocycles. The van der Waals surface area contributed by atoms with Gasteiger partial charge in [-0.1, -0.05) is 22.6 Å². The van der Waals surface area contributed by atoms with Gasteiger partial charge in [-0.15, -0.1) is 0 Å². The predicted octanol–water partition coefficient (Wildman–Crippen LogP) is -0.487. The van der Waals surface area contributed by atoms with Crippen LogP contribution in [0.5, 0.6) is 0 Å². The first-order chi connectivity index (χ1) is 8.34. The third kappa shape index (κ3) is 3.99. The van der Waals surface area contributed by atoms with E-state index in [1.165, 1.54) is 14.2 Å². The molecule has 0 aromatic heterocycles. The smallest absolute Gasteiger partial charge is 0.264 e. The Morgan fingerprint density at radius 3 is 2.17 bits per heavy atom. The van der Waals surface area contributed by atoms with Crippen LogP contribution in [0.15, 0.2) is 0 Å². The second kappa shape index (κ2) is 6.77. The summed E-state index contributed by atoms with van der Waals surface area (Å²) in [5, 5.41) is 9.75. The fraction of sp³-hybridized carbons (Fsp3) is 1.00. The van der Waals surface area contributed by atoms with E-state index in [1.54, 1.807) is 0 Å². The van der Waals surface area contributed by atoms with Crippen LogP contribution in [0.25, 0.3) is 0 Å². The zero-order valence-corrected chi connectivity index (χ0v) is 13.3. The van der Waals surface area contributed by atoms with Crippen LogP contribution in [0.3, 0.4) is 0 Å². The van der Waals surface area contributed by atoms with Crippen molar-refractivity contribution in [3.05, 3.63) is 0 Å². The van der Waals surface area contributed by atoms with Gasteiger partial charge in [0.2, 0.25) is 0 Å². The van der Waals surface area contributed by atoms with Crippen LogP contribution in [-0.4, -0.2) is 69.1 Å². The molecule has 0 spiro atoms. The van der Waals surface area contributed by atoms with Crippen molar-refractivity contribution < 1.29 is 31.9 Å². The standard InChI is InChI=1S/C9H17IO7S/c1-14-7-6(17-18(3,12)13)5(4-10)16-9(11)8(7)15-2/h5-9,11H,4H2,1-3H3/t5-,6-,7+,8-,9+/m1/s1. The van der Waals surface area contributed by atoms with Crippen LogP contribution < -0.4 is 0 Å². The largest absolute Gasteiger partial charge is 0.376 e. The molecule has 0 amide bonds. The second-order valence-electron chi connectivity index (χ2n) is 3.89. The lowest BCUT2D eigenvalue weighted by atomic mass is 10.00. The maximum Gasteiger partial charge on any atom is 0.264 e. The molecular formula is C9H17IO7S. The SMILES string of the molecule is CO[C@@H]1[C@@H](OC)[C@@H](O)O[C@H](CI)[C@H]1OS(C)(=O)=O. The van der Waals surface area contributed by atoms with Gasteiger partial charge in [0.25, 0.3) is 10.1 Å². The first kappa shape index (κ1) is 16.5. The molecule has 1 aliphatic rings. The van der Waals surface area contributed by atoms with E-state index in [2.05, 4.69) is 0 Å². The van der Waals surface area contributed by atoms with Crippen molar-refractivity contribution in [1.82, 2.24) is 0 Å². The first-order valence-corrected chi connectivity index (χ1v) is 8.51. The summed E-state index contributed by atoms with van der Waals surface area (Å²) in [6.45, 7) is 0. The summed E-state index contributed by atoms with van der Waals surface area (Å²) in [5.74, 6) is 0. The molecule has 18 heavy (non-hydrogen) atoms. The minimum absolute atomic E-state index is 0.450. The van der Waals surface area contributed by atoms with Crippen LogP contribution in [0.1, 0.15) is 0 Å². The average Bonchev–Trinajstić information content (AvgIpc) is 2.28. The van der Waals surface area contributed by atoms with E-state index in [4.69, 9.17) is 18.4 Å². The number of rotatable bonds is 5. The molecule has 1 heterocycles. The Morgan fingerprint density at radius 2 is 1.78 bits per heavy atom. The Morgan fingerprint density at radius 1 is 1.22 bits per heavy atom. The maximum absolute atomic E-state index is 11.3. The van der Waals surface area contributed by atoms with Crippen molar-refractivity contribution in [3.63, 3.8) is 0 Å². The molecule has 0 aromatic rings. The summed E-state index contributed by atoms with van der Waals surface area (Å²) in [4.78, 5) is 0. The lowest BCUT2D eigenvalue weighted by Gasteiger charge is -2.42. The first-order valence-electron chi connectivity index (χ1n) is 5.17. The zero-order chi connectivity index (χ0) is 13.9. The van der Waals surface area contributed by atoms with E-state index < -0.39 is 40.8 Å². The summed E-state index contributed by atoms with van der Waals surface area (Å²) < 4.78 is 43.5. The lowest BCUT2D eigenvalue weighted by Crippen LogP contribution is -2.60. The topological polar surface area (TPSA) is 91.3 Å². The molecule has 9 heteroatoms. The van der Waals surface area contributed by atoms with E-state index in [-0.39, 0.29) is 0 Å². The van der Waals surface area contributed by atoms with Crippen molar-refractivity contribution >= 4 is 32.7 Å². The van der Waals surface area contributed by atoms with Gasteiger partial charge in [-0.25, -0.2) is 0 Å². The average molecular weight is 396 g/mol. The molecule has 1 rings (SSSR count). The van der Waals surface area contributed by atoms with Gasteiger partial charge in [0.15, 0.2) is 6.29 Å². The number of aliphatic hydroxyl groups excluding tert-OH is 1. The number of alkyl halides is 1. The fourth-order valence-corrected chi connectivity index (χ4v) is 3.20. The fourth-order valence-electron chi connectivity index (χ4n) is 1.86. The normalized spacial score (nSPS) is 37.7. The Labute approximate surface area is 120 Å². The molecule has 0 bridgehead atoms. The van der Waals surface area contributed by atoms with Gasteiger partial charge in [0.05, 0.1) is 12.4 Å². The molecule has 1 fully saturated rings. The molecule has 1 saturated heterocycles. The molecule has 0 aromatic carbocycles. The highest BCUT2D eigenvalue weighted by Crippen LogP contribution is 2.28. The molecule has 5 atom stereocenters. The Hall–Kier alpha value is 0.480. The predicted molar refractivity (Wildman–Crippen MR) is 71.1 cm³/mol. The van der Waals surface area contributed by atoms with Gasteiger partial charge in [-0.3, -0.25) is 4.18 Å². The number of ether oxygens (including phenoxy) is 3. The van der Waals surface area contributed by atoms with Gasteiger partial charge in [0, 0.05) is 18.6 Å². The van der Waals surface area contributed by atoms with Crippen molar-refractivity contribution in [2.24, 2.45) is 0 Å². The molecule has 1 N–H and O–H groups in total. The van der Waals surface area contributed by atoms with E-state index in [0.29, 0.717) is 4.43 Å². The highest BCUT2D eigenvalue weighted by atomic mass is 127. The third-order valence-corrected chi connectivity index (χ3v) is 4.03. The number of methoxy groups -OCH3 is 2. The molecule has 0 unspecified atom stereocenters. The Bertz CT molecular complexity index is 360. The Kier molecular flexibility index (Phi) is 6.22. The van der Waals surface area contributed by atoms with E-state index in [9.17, 15) is 13.5 Å². The highest BCUT2D eigenvalue weighted by Gasteiger charge is 2.47. The van der Waals surface area contributed by atoms with Gasteiger partial charge < -0.3 is 19.3 Å². The van der Waals surface area contributed by atoms with Crippen molar-refractivity contribution in [1.29, 1.82) is 0 Å². The van der Waals surface area contributed by atoms with Crippen LogP contribution in [-0.2, 0) is 28.5 Å². The van der Waals surface area contributed by atoms with Crippen LogP contribution >= 0.6 is 22.6 Å². The summed E-state index contributed by atoms with van der Waals surface area (Å²) in [7, 11) is -0.879. The van der Waals surface area contributed by atoms with E-state index >= 15 is 0 Å². The van der Waals surface area contributed by atoms with Gasteiger partial charge >= 0.3 is 0 Å². The highest BCUT2D eigenvalue weighted by molar-refractivity contribution is 14.1. The van der Waals surface area contributed by atoms with Crippen molar-refractivity contribution in [2.75, 3.05) is 24.9 Å². The lowest BCUT2D eigenvalue weighted by molar-refractivity contribution is -0.281. The Balaban J connectivity index is 2.98. The van der Waals surface area contributed by atoms with Gasteiger partial charge in [0.1, 0.15) is 18.3 Å². The summed E-state index contributed by atoms with van der Waals surface area (Å²) >= 11 is 2.02. The van der Waals surface area contributed by atoms with Crippen LogP contribution in [0, 0.1) is 0 Å². The summed E-state index contributed by atoms with van der Waals surface area (Å²) in [6.07, 6.45) is -3.20. The molecule has 0 saturated carbocycles. The van der Waals surface area contributed by atoms with Gasteiger partial charge in [-0.2, -0.15) is 8.42 Å². The molecule has 0 radical (unpaired) electrons. The summed E-state index contributed by atoms with van der Waals surface area (Å²) in [6, 6.07) is 0. The third-order valence-electron chi connectivity index (χ3n) is 2.59. The van der Waals surface area contributed by atoms with Crippen molar-refractivity contribution in [2.45, 2.75) is 30.7 Å². The van der Waals surface area contributed by atoms with Gasteiger partial charge in [-0.05, 0) is 0 Å². The zero-order valence-electron chi connectivity index (χ0n) is 10.3. The second-order valence-corrected chi connectivity index (χ2v) is 6.37. The number of aliphatic hydroxyl groups is 1. The quantitative estimate of drug-likeness (QED) is 0.381. The van der Waals surface area contributed by atoms with Crippen molar-refractivity contribution in [3.8, 4) is 0 Å². The van der Waals surface area contributed by atoms with Crippen LogP contribution in [0.2, 0.25) is 0 Å². The molecule has 108 valence electrons. The van der Waals surface area contributed by atoms with E-state index in [1.807, 2.05) is 22.6 Å².